The van der Waals surface area contributed by atoms with Crippen molar-refractivity contribution in [3.05, 3.63) is 49.2 Å². The zero-order valence-corrected chi connectivity index (χ0v) is 14.9. The van der Waals surface area contributed by atoms with Gasteiger partial charge in [-0.05, 0) is 19.9 Å². The summed E-state index contributed by atoms with van der Waals surface area (Å²) < 4.78 is 15.6. The van der Waals surface area contributed by atoms with Crippen LogP contribution in [-0.2, 0) is 4.74 Å². The number of fused-ring (bicyclic) bond motifs is 1. The summed E-state index contributed by atoms with van der Waals surface area (Å²) in [5, 5.41) is 11.3. The lowest BCUT2D eigenvalue weighted by atomic mass is 10.1. The van der Waals surface area contributed by atoms with Gasteiger partial charge in [0.05, 0.1) is 11.0 Å². The van der Waals surface area contributed by atoms with E-state index < -0.39 is 23.2 Å². The maximum atomic E-state index is 12.3. The predicted molar refractivity (Wildman–Crippen MR) is 92.5 cm³/mol. The van der Waals surface area contributed by atoms with Crippen LogP contribution in [0.25, 0.3) is 0 Å². The number of carbonyl (C=O) groups is 2. The van der Waals surface area contributed by atoms with E-state index >= 15 is 0 Å². The number of aryl methyl sites for hydroxylation is 2. The van der Waals surface area contributed by atoms with Gasteiger partial charge in [-0.3, -0.25) is 14.9 Å². The van der Waals surface area contributed by atoms with E-state index in [2.05, 4.69) is 0 Å². The van der Waals surface area contributed by atoms with Crippen LogP contribution in [0.4, 0.5) is 5.69 Å². The van der Waals surface area contributed by atoms with Gasteiger partial charge in [0.25, 0.3) is 5.69 Å². The van der Waals surface area contributed by atoms with Gasteiger partial charge in [0.1, 0.15) is 18.8 Å². The van der Waals surface area contributed by atoms with Crippen LogP contribution in [0.5, 0.6) is 11.5 Å². The number of hydrogen-bond donors (Lipinski definition) is 0. The number of ketones is 1. The van der Waals surface area contributed by atoms with Crippen molar-refractivity contribution in [2.24, 2.45) is 0 Å². The fourth-order valence-corrected chi connectivity index (χ4v) is 3.53. The molecule has 0 aliphatic carbocycles. The van der Waals surface area contributed by atoms with Crippen molar-refractivity contribution in [2.75, 3.05) is 19.8 Å². The topological polar surface area (TPSA) is 105 Å². The monoisotopic (exact) mass is 377 g/mol. The SMILES string of the molecule is Cc1cc(C(=O)COC(=O)c2cc3c(cc2[N+](=O)[O-])OCCO3)c(C)s1. The first-order valence-corrected chi connectivity index (χ1v) is 8.54. The van der Waals surface area contributed by atoms with Gasteiger partial charge in [-0.1, -0.05) is 0 Å². The molecule has 2 heterocycles. The fourth-order valence-electron chi connectivity index (χ4n) is 2.59. The van der Waals surface area contributed by atoms with Crippen molar-refractivity contribution in [3.63, 3.8) is 0 Å². The van der Waals surface area contributed by atoms with Crippen molar-refractivity contribution in [2.45, 2.75) is 13.8 Å². The molecule has 0 atom stereocenters. The van der Waals surface area contributed by atoms with E-state index in [1.54, 1.807) is 13.0 Å². The molecule has 0 bridgehead atoms. The van der Waals surface area contributed by atoms with Crippen molar-refractivity contribution in [3.8, 4) is 11.5 Å². The first kappa shape index (κ1) is 17.9. The second-order valence-corrected chi connectivity index (χ2v) is 7.06. The number of nitro groups is 1. The largest absolute Gasteiger partial charge is 0.486 e. The summed E-state index contributed by atoms with van der Waals surface area (Å²) in [6.07, 6.45) is 0. The summed E-state index contributed by atoms with van der Waals surface area (Å²) in [5.41, 5.74) is -0.267. The lowest BCUT2D eigenvalue weighted by molar-refractivity contribution is -0.385. The van der Waals surface area contributed by atoms with Gasteiger partial charge in [0.2, 0.25) is 5.78 Å². The molecule has 1 aliphatic rings. The Kier molecular flexibility index (Phi) is 4.90. The van der Waals surface area contributed by atoms with Gasteiger partial charge in [0.15, 0.2) is 18.1 Å². The molecule has 1 aromatic carbocycles. The average Bonchev–Trinajstić information content (AvgIpc) is 2.96. The maximum absolute atomic E-state index is 12.3. The number of hydrogen-bond acceptors (Lipinski definition) is 8. The summed E-state index contributed by atoms with van der Waals surface area (Å²) in [7, 11) is 0. The molecule has 136 valence electrons. The van der Waals surface area contributed by atoms with E-state index in [-0.39, 0.29) is 36.1 Å². The molecule has 0 unspecified atom stereocenters. The lowest BCUT2D eigenvalue weighted by Crippen LogP contribution is -2.18. The molecule has 1 aliphatic heterocycles. The molecule has 0 saturated heterocycles. The molecule has 0 amide bonds. The van der Waals surface area contributed by atoms with Crippen LogP contribution in [-0.4, -0.2) is 36.5 Å². The highest BCUT2D eigenvalue weighted by molar-refractivity contribution is 7.12. The number of nitrogens with zero attached hydrogens (tertiary/aromatic N) is 1. The summed E-state index contributed by atoms with van der Waals surface area (Å²) in [5.74, 6) is -0.906. The number of esters is 1. The van der Waals surface area contributed by atoms with Crippen LogP contribution in [0.3, 0.4) is 0 Å². The van der Waals surface area contributed by atoms with Crippen LogP contribution in [0.15, 0.2) is 18.2 Å². The first-order chi connectivity index (χ1) is 12.4. The second kappa shape index (κ2) is 7.12. The highest BCUT2D eigenvalue weighted by atomic mass is 32.1. The quantitative estimate of drug-likeness (QED) is 0.341. The van der Waals surface area contributed by atoms with Gasteiger partial charge >= 0.3 is 5.97 Å². The number of nitro benzene ring substituents is 1. The van der Waals surface area contributed by atoms with E-state index in [4.69, 9.17) is 14.2 Å². The highest BCUT2D eigenvalue weighted by Crippen LogP contribution is 2.36. The Balaban J connectivity index is 1.80. The Morgan fingerprint density at radius 1 is 1.15 bits per heavy atom. The van der Waals surface area contributed by atoms with E-state index in [1.807, 2.05) is 6.92 Å². The number of rotatable bonds is 5. The molecule has 9 heteroatoms. The van der Waals surface area contributed by atoms with Gasteiger partial charge in [-0.2, -0.15) is 0 Å². The van der Waals surface area contributed by atoms with Gasteiger partial charge in [0, 0.05) is 21.4 Å². The number of thiophene rings is 1. The first-order valence-electron chi connectivity index (χ1n) is 7.72. The normalized spacial score (nSPS) is 12.5. The third-order valence-corrected chi connectivity index (χ3v) is 4.72. The molecule has 2 aromatic rings. The van der Waals surface area contributed by atoms with E-state index in [1.165, 1.54) is 17.4 Å². The van der Waals surface area contributed by atoms with Crippen molar-refractivity contribution in [1.82, 2.24) is 0 Å². The molecule has 3 rings (SSSR count). The Labute approximate surface area is 152 Å². The van der Waals surface area contributed by atoms with Crippen LogP contribution in [0.1, 0.15) is 30.5 Å². The molecular weight excluding hydrogens is 362 g/mol. The van der Waals surface area contributed by atoms with Crippen LogP contribution in [0, 0.1) is 24.0 Å². The lowest BCUT2D eigenvalue weighted by Gasteiger charge is -2.18. The van der Waals surface area contributed by atoms with E-state index in [0.717, 1.165) is 15.8 Å². The average molecular weight is 377 g/mol. The predicted octanol–water partition coefficient (Wildman–Crippen LogP) is 3.08. The Hall–Kier alpha value is -2.94. The highest BCUT2D eigenvalue weighted by Gasteiger charge is 2.28. The maximum Gasteiger partial charge on any atom is 0.345 e. The number of Topliss-reactive ketones (excluding diaryl/α,β-unsaturated/α-hetero) is 1. The molecule has 26 heavy (non-hydrogen) atoms. The fraction of sp³-hybridized carbons (Fsp3) is 0.294. The molecule has 0 radical (unpaired) electrons. The second-order valence-electron chi connectivity index (χ2n) is 5.60. The molecule has 0 fully saturated rings. The standard InChI is InChI=1S/C17H15NO7S/c1-9-5-11(10(2)26-9)14(19)8-25-17(20)12-6-15-16(24-4-3-23-15)7-13(12)18(21)22/h5-7H,3-4,8H2,1-2H3. The third-order valence-electron chi connectivity index (χ3n) is 3.75. The number of ether oxygens (including phenoxy) is 3. The molecule has 0 spiro atoms. The third kappa shape index (κ3) is 3.52. The Morgan fingerprint density at radius 2 is 1.81 bits per heavy atom. The van der Waals surface area contributed by atoms with Crippen molar-refractivity contribution < 1.29 is 28.7 Å². The van der Waals surface area contributed by atoms with E-state index in [9.17, 15) is 19.7 Å². The van der Waals surface area contributed by atoms with Crippen LogP contribution >= 0.6 is 11.3 Å². The Morgan fingerprint density at radius 3 is 2.38 bits per heavy atom. The zero-order valence-electron chi connectivity index (χ0n) is 14.1. The Bertz CT molecular complexity index is 903. The smallest absolute Gasteiger partial charge is 0.345 e. The zero-order chi connectivity index (χ0) is 18.8. The van der Waals surface area contributed by atoms with Crippen LogP contribution in [0.2, 0.25) is 0 Å². The summed E-state index contributed by atoms with van der Waals surface area (Å²) >= 11 is 1.47. The minimum absolute atomic E-state index is 0.194. The molecular formula is C17H15NO7S. The van der Waals surface area contributed by atoms with E-state index in [0.29, 0.717) is 5.56 Å². The molecule has 0 N–H and O–H groups in total. The van der Waals surface area contributed by atoms with Crippen molar-refractivity contribution >= 4 is 28.8 Å². The van der Waals surface area contributed by atoms with Gasteiger partial charge in [-0.15, -0.1) is 11.3 Å². The van der Waals surface area contributed by atoms with Crippen LogP contribution < -0.4 is 9.47 Å². The molecule has 1 aromatic heterocycles. The minimum atomic E-state index is -0.966. The minimum Gasteiger partial charge on any atom is -0.486 e. The van der Waals surface area contributed by atoms with Crippen molar-refractivity contribution in [1.29, 1.82) is 0 Å². The number of benzene rings is 1. The van der Waals surface area contributed by atoms with Gasteiger partial charge in [-0.25, -0.2) is 4.79 Å². The summed E-state index contributed by atoms with van der Waals surface area (Å²) in [6, 6.07) is 4.06. The molecule has 8 nitrogen and oxygen atoms in total. The number of carbonyl (C=O) groups excluding carboxylic acids is 2. The van der Waals surface area contributed by atoms with Gasteiger partial charge < -0.3 is 14.2 Å². The summed E-state index contributed by atoms with van der Waals surface area (Å²) in [6.45, 7) is 3.72. The molecule has 0 saturated carbocycles. The summed E-state index contributed by atoms with van der Waals surface area (Å²) in [4.78, 5) is 36.9.